The number of aromatic nitrogens is 1. The van der Waals surface area contributed by atoms with Crippen LogP contribution in [0, 0.1) is 11.3 Å². The first-order chi connectivity index (χ1) is 11.3. The van der Waals surface area contributed by atoms with Crippen molar-refractivity contribution in [1.29, 1.82) is 0 Å². The second-order valence-corrected chi connectivity index (χ2v) is 8.29. The topological polar surface area (TPSA) is 74.3 Å². The van der Waals surface area contributed by atoms with Gasteiger partial charge in [0.1, 0.15) is 0 Å². The van der Waals surface area contributed by atoms with Crippen LogP contribution >= 0.6 is 11.3 Å². The molecule has 2 amide bonds. The van der Waals surface area contributed by atoms with E-state index in [4.69, 9.17) is 0 Å². The molecule has 2 heterocycles. The molecule has 1 aromatic rings. The van der Waals surface area contributed by atoms with Crippen molar-refractivity contribution in [2.45, 2.75) is 40.0 Å². The molecular weight excluding hydrogens is 324 g/mol. The van der Waals surface area contributed by atoms with Gasteiger partial charge in [-0.05, 0) is 32.4 Å². The van der Waals surface area contributed by atoms with E-state index in [0.29, 0.717) is 17.5 Å². The minimum atomic E-state index is -0.461. The number of thiazole rings is 1. The number of carbonyl (C=O) groups excluding carboxylic acids is 2. The van der Waals surface area contributed by atoms with Gasteiger partial charge >= 0.3 is 0 Å². The van der Waals surface area contributed by atoms with E-state index in [9.17, 15) is 9.59 Å². The summed E-state index contributed by atoms with van der Waals surface area (Å²) in [5.74, 6) is 0.584. The predicted octanol–water partition coefficient (Wildman–Crippen LogP) is 2.13. The molecule has 134 valence electrons. The lowest BCUT2D eigenvalue weighted by Gasteiger charge is -2.32. The van der Waals surface area contributed by atoms with E-state index in [1.165, 1.54) is 17.8 Å². The summed E-state index contributed by atoms with van der Waals surface area (Å²) in [6.45, 7) is 8.17. The average Bonchev–Trinajstić information content (AvgIpc) is 2.94. The number of rotatable bonds is 5. The van der Waals surface area contributed by atoms with Gasteiger partial charge in [0, 0.05) is 23.9 Å². The van der Waals surface area contributed by atoms with Gasteiger partial charge in [-0.2, -0.15) is 0 Å². The van der Waals surface area contributed by atoms with E-state index in [2.05, 4.69) is 15.6 Å². The molecule has 1 aromatic heterocycles. The van der Waals surface area contributed by atoms with Gasteiger partial charge in [0.25, 0.3) is 0 Å². The third kappa shape index (κ3) is 5.27. The van der Waals surface area contributed by atoms with Gasteiger partial charge in [-0.15, -0.1) is 11.3 Å². The first kappa shape index (κ1) is 18.9. The number of hydrogen-bond donors (Lipinski definition) is 2. The SMILES string of the molecule is CNCC1CCCN(C(=O)Cc2csc(NC(=O)C(C)(C)C)n2)C1. The summed E-state index contributed by atoms with van der Waals surface area (Å²) in [6.07, 6.45) is 2.53. The second kappa shape index (κ2) is 8.07. The van der Waals surface area contributed by atoms with Crippen molar-refractivity contribution in [3.63, 3.8) is 0 Å². The van der Waals surface area contributed by atoms with Crippen LogP contribution < -0.4 is 10.6 Å². The van der Waals surface area contributed by atoms with E-state index in [1.54, 1.807) is 0 Å². The van der Waals surface area contributed by atoms with Crippen molar-refractivity contribution in [3.05, 3.63) is 11.1 Å². The quantitative estimate of drug-likeness (QED) is 0.851. The van der Waals surface area contributed by atoms with E-state index >= 15 is 0 Å². The van der Waals surface area contributed by atoms with Crippen LogP contribution in [0.25, 0.3) is 0 Å². The van der Waals surface area contributed by atoms with Gasteiger partial charge < -0.3 is 15.5 Å². The Kier molecular flexibility index (Phi) is 6.34. The summed E-state index contributed by atoms with van der Waals surface area (Å²) >= 11 is 1.37. The lowest BCUT2D eigenvalue weighted by molar-refractivity contribution is -0.132. The van der Waals surface area contributed by atoms with Crippen molar-refractivity contribution >= 4 is 28.3 Å². The van der Waals surface area contributed by atoms with Crippen LogP contribution in [-0.4, -0.2) is 48.4 Å². The maximum Gasteiger partial charge on any atom is 0.231 e. The molecule has 0 aliphatic carbocycles. The molecular formula is C17H28N4O2S. The molecule has 1 atom stereocenters. The van der Waals surface area contributed by atoms with Gasteiger partial charge in [0.15, 0.2) is 5.13 Å². The molecule has 1 saturated heterocycles. The molecule has 0 spiro atoms. The van der Waals surface area contributed by atoms with Crippen molar-refractivity contribution in [2.24, 2.45) is 11.3 Å². The minimum absolute atomic E-state index is 0.0688. The number of piperidine rings is 1. The third-order valence-electron chi connectivity index (χ3n) is 4.15. The molecule has 7 heteroatoms. The highest BCUT2D eigenvalue weighted by atomic mass is 32.1. The Morgan fingerprint density at radius 1 is 1.42 bits per heavy atom. The molecule has 1 unspecified atom stereocenters. The average molecular weight is 353 g/mol. The largest absolute Gasteiger partial charge is 0.342 e. The minimum Gasteiger partial charge on any atom is -0.342 e. The first-order valence-electron chi connectivity index (χ1n) is 8.48. The van der Waals surface area contributed by atoms with Crippen LogP contribution in [-0.2, 0) is 16.0 Å². The van der Waals surface area contributed by atoms with Crippen molar-refractivity contribution in [3.8, 4) is 0 Å². The fourth-order valence-corrected chi connectivity index (χ4v) is 3.45. The zero-order chi connectivity index (χ0) is 17.7. The number of nitrogens with zero attached hydrogens (tertiary/aromatic N) is 2. The number of likely N-dealkylation sites (tertiary alicyclic amines) is 1. The zero-order valence-electron chi connectivity index (χ0n) is 15.0. The highest BCUT2D eigenvalue weighted by Gasteiger charge is 2.25. The monoisotopic (exact) mass is 352 g/mol. The number of hydrogen-bond acceptors (Lipinski definition) is 5. The van der Waals surface area contributed by atoms with Crippen LogP contribution in [0.5, 0.6) is 0 Å². The Morgan fingerprint density at radius 3 is 2.83 bits per heavy atom. The molecule has 1 fully saturated rings. The molecule has 0 bridgehead atoms. The lowest BCUT2D eigenvalue weighted by atomic mass is 9.96. The summed E-state index contributed by atoms with van der Waals surface area (Å²) in [5.41, 5.74) is 0.266. The Morgan fingerprint density at radius 2 is 2.17 bits per heavy atom. The maximum absolute atomic E-state index is 12.5. The number of anilines is 1. The van der Waals surface area contributed by atoms with E-state index in [0.717, 1.165) is 31.7 Å². The third-order valence-corrected chi connectivity index (χ3v) is 4.96. The van der Waals surface area contributed by atoms with Gasteiger partial charge in [-0.1, -0.05) is 20.8 Å². The van der Waals surface area contributed by atoms with Crippen molar-refractivity contribution < 1.29 is 9.59 Å². The molecule has 1 aliphatic rings. The summed E-state index contributed by atoms with van der Waals surface area (Å²) < 4.78 is 0. The van der Waals surface area contributed by atoms with Crippen molar-refractivity contribution in [2.75, 3.05) is 32.0 Å². The maximum atomic E-state index is 12.5. The fraction of sp³-hybridized carbons (Fsp3) is 0.706. The predicted molar refractivity (Wildman–Crippen MR) is 97.1 cm³/mol. The first-order valence-corrected chi connectivity index (χ1v) is 9.36. The van der Waals surface area contributed by atoms with Gasteiger partial charge in [-0.25, -0.2) is 4.98 Å². The van der Waals surface area contributed by atoms with Crippen LogP contribution in [0.4, 0.5) is 5.13 Å². The Balaban J connectivity index is 1.89. The molecule has 0 saturated carbocycles. The van der Waals surface area contributed by atoms with Gasteiger partial charge in [0.05, 0.1) is 12.1 Å². The number of nitrogens with one attached hydrogen (secondary N) is 2. The summed E-state index contributed by atoms with van der Waals surface area (Å²) in [4.78, 5) is 30.8. The van der Waals surface area contributed by atoms with Gasteiger partial charge in [-0.3, -0.25) is 9.59 Å². The molecule has 1 aliphatic heterocycles. The molecule has 2 N–H and O–H groups in total. The smallest absolute Gasteiger partial charge is 0.231 e. The summed E-state index contributed by atoms with van der Waals surface area (Å²) in [7, 11) is 1.95. The lowest BCUT2D eigenvalue weighted by Crippen LogP contribution is -2.43. The fourth-order valence-electron chi connectivity index (χ4n) is 2.74. The molecule has 0 aromatic carbocycles. The molecule has 24 heavy (non-hydrogen) atoms. The number of amides is 2. The Hall–Kier alpha value is -1.47. The van der Waals surface area contributed by atoms with E-state index in [1.807, 2.05) is 38.1 Å². The summed E-state index contributed by atoms with van der Waals surface area (Å²) in [6, 6.07) is 0. The Labute approximate surface area is 148 Å². The van der Waals surface area contributed by atoms with Gasteiger partial charge in [0.2, 0.25) is 11.8 Å². The molecule has 2 rings (SSSR count). The molecule has 0 radical (unpaired) electrons. The summed E-state index contributed by atoms with van der Waals surface area (Å²) in [5, 5.41) is 8.42. The highest BCUT2D eigenvalue weighted by molar-refractivity contribution is 7.13. The standard InChI is InChI=1S/C17H28N4O2S/c1-17(2,3)15(23)20-16-19-13(11-24-16)8-14(22)21-7-5-6-12(10-21)9-18-4/h11-12,18H,5-10H2,1-4H3,(H,19,20,23). The van der Waals surface area contributed by atoms with Crippen LogP contribution in [0.1, 0.15) is 39.3 Å². The van der Waals surface area contributed by atoms with E-state index in [-0.39, 0.29) is 11.8 Å². The normalized spacial score (nSPS) is 18.5. The zero-order valence-corrected chi connectivity index (χ0v) is 15.8. The molecule has 6 nitrogen and oxygen atoms in total. The second-order valence-electron chi connectivity index (χ2n) is 7.43. The van der Waals surface area contributed by atoms with Crippen LogP contribution in [0.3, 0.4) is 0 Å². The number of carbonyl (C=O) groups is 2. The highest BCUT2D eigenvalue weighted by Crippen LogP contribution is 2.22. The van der Waals surface area contributed by atoms with Crippen molar-refractivity contribution in [1.82, 2.24) is 15.2 Å². The van der Waals surface area contributed by atoms with Crippen LogP contribution in [0.15, 0.2) is 5.38 Å². The Bertz CT molecular complexity index is 577. The van der Waals surface area contributed by atoms with Crippen LogP contribution in [0.2, 0.25) is 0 Å². The van der Waals surface area contributed by atoms with E-state index < -0.39 is 5.41 Å².